The molecule has 0 saturated heterocycles. The van der Waals surface area contributed by atoms with Gasteiger partial charge in [0.1, 0.15) is 12.5 Å². The number of hydrogen-bond donors (Lipinski definition) is 0. The summed E-state index contributed by atoms with van der Waals surface area (Å²) in [6.45, 7) is 0. The smallest absolute Gasteiger partial charge is 0.142 e. The van der Waals surface area contributed by atoms with Gasteiger partial charge in [0.05, 0.1) is 0 Å². The molecule has 0 radical (unpaired) electrons. The molecule has 0 atom stereocenters. The molecule has 0 spiro atoms. The Hall–Kier alpha value is 0.240. The zero-order chi connectivity index (χ0) is 4.24. The van der Waals surface area contributed by atoms with Crippen molar-refractivity contribution in [2.75, 3.05) is 0 Å². The molecule has 64 valence electrons. The fraction of sp³-hybridized carbons (Fsp3) is 0. The first-order valence-corrected chi connectivity index (χ1v) is 1.64. The van der Waals surface area contributed by atoms with Crippen molar-refractivity contribution in [3.05, 3.63) is 24.7 Å². The van der Waals surface area contributed by atoms with E-state index < -0.39 is 0 Å². The van der Waals surface area contributed by atoms with Gasteiger partial charge in [-0.15, -0.1) is 49.6 Å². The van der Waals surface area contributed by atoms with Crippen LogP contribution < -0.4 is 0 Å². The third kappa shape index (κ3) is 11.1. The van der Waals surface area contributed by atoms with Gasteiger partial charge in [-0.3, -0.25) is 9.78 Å². The van der Waals surface area contributed by atoms with Crippen LogP contribution in [0.15, 0.2) is 24.7 Å². The van der Waals surface area contributed by atoms with Crippen LogP contribution in [-0.2, 0) is 9.78 Å². The second-order valence-corrected chi connectivity index (χ2v) is 0.850. The van der Waals surface area contributed by atoms with Gasteiger partial charge in [0, 0.05) is 0 Å². The summed E-state index contributed by atoms with van der Waals surface area (Å²) in [6.07, 6.45) is 6.40. The summed E-state index contributed by atoms with van der Waals surface area (Å²) < 4.78 is 0. The number of hydrogen-bond acceptors (Lipinski definition) is 2. The van der Waals surface area contributed by atoms with Crippen LogP contribution in [0.25, 0.3) is 0 Å². The molecule has 0 saturated carbocycles. The molecule has 10 heavy (non-hydrogen) atoms. The van der Waals surface area contributed by atoms with Gasteiger partial charge in [-0.2, -0.15) is 0 Å². The van der Waals surface area contributed by atoms with E-state index in [-0.39, 0.29) is 49.6 Å². The Morgan fingerprint density at radius 3 is 1.00 bits per heavy atom. The maximum absolute atomic E-state index is 4.30. The lowest BCUT2D eigenvalue weighted by Gasteiger charge is -1.94. The molecule has 1 aliphatic heterocycles. The van der Waals surface area contributed by atoms with E-state index >= 15 is 0 Å². The molecule has 0 aromatic carbocycles. The van der Waals surface area contributed by atoms with Crippen LogP contribution in [0.1, 0.15) is 0 Å². The third-order valence-electron chi connectivity index (χ3n) is 0.435. The van der Waals surface area contributed by atoms with Crippen LogP contribution in [0.4, 0.5) is 0 Å². The molecule has 1 rings (SSSR count). The van der Waals surface area contributed by atoms with Crippen molar-refractivity contribution < 1.29 is 9.78 Å². The van der Waals surface area contributed by atoms with Crippen LogP contribution in [-0.4, -0.2) is 0 Å². The Bertz CT molecular complexity index is 81.3. The lowest BCUT2D eigenvalue weighted by molar-refractivity contribution is -0.198. The molecule has 0 unspecified atom stereocenters. The fourth-order valence-corrected chi connectivity index (χ4v) is 0.219. The Labute approximate surface area is 84.2 Å². The van der Waals surface area contributed by atoms with Crippen LogP contribution in [0.3, 0.4) is 0 Å². The Kier molecular flexibility index (Phi) is 36.2. The summed E-state index contributed by atoms with van der Waals surface area (Å²) in [6, 6.07) is 0. The minimum absolute atomic E-state index is 0. The average molecular weight is 230 g/mol. The van der Waals surface area contributed by atoms with Crippen molar-refractivity contribution in [2.45, 2.75) is 0 Å². The Morgan fingerprint density at radius 2 is 0.900 bits per heavy atom. The standard InChI is InChI=1S/C4H4O2.4ClH/c1-2-4-6-5-3-1;;;;/h1-4H;4*1H. The van der Waals surface area contributed by atoms with Gasteiger partial charge in [0.2, 0.25) is 0 Å². The highest BCUT2D eigenvalue weighted by molar-refractivity contribution is 5.86. The quantitative estimate of drug-likeness (QED) is 0.595. The van der Waals surface area contributed by atoms with Crippen LogP contribution in [0, 0.1) is 0 Å². The largest absolute Gasteiger partial charge is 0.299 e. The van der Waals surface area contributed by atoms with E-state index in [2.05, 4.69) is 9.78 Å². The van der Waals surface area contributed by atoms with Crippen molar-refractivity contribution in [3.63, 3.8) is 0 Å². The minimum Gasteiger partial charge on any atom is -0.299 e. The number of rotatable bonds is 0. The van der Waals surface area contributed by atoms with E-state index in [4.69, 9.17) is 0 Å². The molecule has 0 bridgehead atoms. The summed E-state index contributed by atoms with van der Waals surface area (Å²) in [5, 5.41) is 0. The number of halogens is 4. The van der Waals surface area contributed by atoms with Crippen LogP contribution in [0.5, 0.6) is 0 Å². The monoisotopic (exact) mass is 228 g/mol. The lowest BCUT2D eigenvalue weighted by Crippen LogP contribution is -1.78. The predicted octanol–water partition coefficient (Wildman–Crippen LogP) is 2.66. The molecule has 0 aromatic heterocycles. The van der Waals surface area contributed by atoms with Crippen LogP contribution >= 0.6 is 49.6 Å². The lowest BCUT2D eigenvalue weighted by atomic mass is 10.6. The molecule has 0 fully saturated rings. The fourth-order valence-electron chi connectivity index (χ4n) is 0.219. The predicted molar refractivity (Wildman–Crippen MR) is 49.4 cm³/mol. The zero-order valence-electron chi connectivity index (χ0n) is 4.76. The topological polar surface area (TPSA) is 18.5 Å². The first-order valence-electron chi connectivity index (χ1n) is 1.64. The molecule has 0 aliphatic carbocycles. The molecular weight excluding hydrogens is 222 g/mol. The second-order valence-electron chi connectivity index (χ2n) is 0.850. The van der Waals surface area contributed by atoms with Crippen molar-refractivity contribution in [1.82, 2.24) is 0 Å². The maximum Gasteiger partial charge on any atom is 0.142 e. The van der Waals surface area contributed by atoms with Gasteiger partial charge in [-0.1, -0.05) is 0 Å². The van der Waals surface area contributed by atoms with Gasteiger partial charge in [0.25, 0.3) is 0 Å². The normalized spacial score (nSPS) is 9.60. The SMILES string of the molecule is C1=COOC=C1.Cl.Cl.Cl.Cl. The first kappa shape index (κ1) is 22.5. The molecule has 1 aliphatic rings. The van der Waals surface area contributed by atoms with E-state index in [9.17, 15) is 0 Å². The van der Waals surface area contributed by atoms with Crippen molar-refractivity contribution >= 4 is 49.6 Å². The average Bonchev–Trinajstić information content (AvgIpc) is 1.72. The van der Waals surface area contributed by atoms with E-state index in [1.807, 2.05) is 0 Å². The minimum atomic E-state index is 0. The molecule has 0 N–H and O–H groups in total. The number of allylic oxidation sites excluding steroid dienone is 2. The molecule has 1 heterocycles. The molecule has 0 aromatic rings. The van der Waals surface area contributed by atoms with Gasteiger partial charge in [0.15, 0.2) is 0 Å². The molecule has 0 amide bonds. The first-order chi connectivity index (χ1) is 3.00. The summed E-state index contributed by atoms with van der Waals surface area (Å²) >= 11 is 0. The van der Waals surface area contributed by atoms with E-state index in [1.54, 1.807) is 12.2 Å². The Morgan fingerprint density at radius 1 is 0.600 bits per heavy atom. The molecule has 6 heteroatoms. The summed E-state index contributed by atoms with van der Waals surface area (Å²) in [4.78, 5) is 8.60. The second kappa shape index (κ2) is 16.1. The highest BCUT2D eigenvalue weighted by Gasteiger charge is 1.75. The highest BCUT2D eigenvalue weighted by atomic mass is 35.5. The summed E-state index contributed by atoms with van der Waals surface area (Å²) in [5.41, 5.74) is 0. The van der Waals surface area contributed by atoms with E-state index in [1.165, 1.54) is 12.5 Å². The van der Waals surface area contributed by atoms with Gasteiger partial charge in [-0.05, 0) is 12.2 Å². The van der Waals surface area contributed by atoms with E-state index in [0.29, 0.717) is 0 Å². The van der Waals surface area contributed by atoms with Gasteiger partial charge in [-0.25, -0.2) is 0 Å². The maximum atomic E-state index is 4.30. The van der Waals surface area contributed by atoms with Crippen molar-refractivity contribution in [1.29, 1.82) is 0 Å². The third-order valence-corrected chi connectivity index (χ3v) is 0.435. The zero-order valence-corrected chi connectivity index (χ0v) is 8.02. The molecular formula is C4H8Cl4O2. The van der Waals surface area contributed by atoms with E-state index in [0.717, 1.165) is 0 Å². The van der Waals surface area contributed by atoms with Gasteiger partial charge < -0.3 is 0 Å². The Balaban J connectivity index is -0.0000000450. The summed E-state index contributed by atoms with van der Waals surface area (Å²) in [7, 11) is 0. The summed E-state index contributed by atoms with van der Waals surface area (Å²) in [5.74, 6) is 0. The highest BCUT2D eigenvalue weighted by Crippen LogP contribution is 1.89. The van der Waals surface area contributed by atoms with Gasteiger partial charge >= 0.3 is 0 Å². The van der Waals surface area contributed by atoms with Crippen LogP contribution in [0.2, 0.25) is 0 Å². The van der Waals surface area contributed by atoms with Crippen molar-refractivity contribution in [3.8, 4) is 0 Å². The van der Waals surface area contributed by atoms with Crippen molar-refractivity contribution in [2.24, 2.45) is 0 Å². The molecule has 2 nitrogen and oxygen atoms in total.